The third-order valence-corrected chi connectivity index (χ3v) is 3.73. The molecule has 0 saturated heterocycles. The highest BCUT2D eigenvalue weighted by Gasteiger charge is 2.08. The summed E-state index contributed by atoms with van der Waals surface area (Å²) >= 11 is 3.49. The Labute approximate surface area is 133 Å². The molecule has 1 amide bonds. The van der Waals surface area contributed by atoms with Gasteiger partial charge in [0.25, 0.3) is 5.91 Å². The van der Waals surface area contributed by atoms with Crippen LogP contribution >= 0.6 is 15.9 Å². The van der Waals surface area contributed by atoms with Gasteiger partial charge in [0.1, 0.15) is 5.75 Å². The third kappa shape index (κ3) is 6.61. The van der Waals surface area contributed by atoms with Crippen molar-refractivity contribution < 1.29 is 9.53 Å². The highest BCUT2D eigenvalue weighted by Crippen LogP contribution is 2.24. The number of hydrogen-bond acceptors (Lipinski definition) is 4. The van der Waals surface area contributed by atoms with Gasteiger partial charge in [0.05, 0.1) is 12.5 Å². The highest BCUT2D eigenvalue weighted by molar-refractivity contribution is 9.10. The lowest BCUT2D eigenvalue weighted by molar-refractivity contribution is -0.123. The number of nitriles is 1. The number of ether oxygens (including phenoxy) is 1. The summed E-state index contributed by atoms with van der Waals surface area (Å²) < 4.78 is 6.44. The minimum Gasteiger partial charge on any atom is -0.484 e. The van der Waals surface area contributed by atoms with E-state index < -0.39 is 0 Å². The lowest BCUT2D eigenvalue weighted by Gasteiger charge is -2.13. The van der Waals surface area contributed by atoms with Crippen LogP contribution in [0.1, 0.15) is 25.3 Å². The SMILES string of the molecule is CCC(N)Cc1cc(OCC(=O)NCCC#N)ccc1Br. The molecule has 1 aromatic carbocycles. The maximum Gasteiger partial charge on any atom is 0.257 e. The summed E-state index contributed by atoms with van der Waals surface area (Å²) in [6.07, 6.45) is 1.95. The zero-order valence-electron chi connectivity index (χ0n) is 12.1. The van der Waals surface area contributed by atoms with Gasteiger partial charge in [-0.25, -0.2) is 0 Å². The lowest BCUT2D eigenvalue weighted by Crippen LogP contribution is -2.29. The van der Waals surface area contributed by atoms with E-state index in [1.807, 2.05) is 25.1 Å². The molecule has 0 aliphatic heterocycles. The molecule has 5 nitrogen and oxygen atoms in total. The second-order valence-corrected chi connectivity index (χ2v) is 5.53. The smallest absolute Gasteiger partial charge is 0.257 e. The Balaban J connectivity index is 2.54. The fourth-order valence-corrected chi connectivity index (χ4v) is 2.09. The van der Waals surface area contributed by atoms with E-state index in [0.29, 0.717) is 18.7 Å². The largest absolute Gasteiger partial charge is 0.484 e. The van der Waals surface area contributed by atoms with Crippen LogP contribution in [0.25, 0.3) is 0 Å². The summed E-state index contributed by atoms with van der Waals surface area (Å²) in [6.45, 7) is 2.33. The molecule has 1 unspecified atom stereocenters. The molecule has 0 fully saturated rings. The zero-order valence-corrected chi connectivity index (χ0v) is 13.6. The number of nitrogens with zero attached hydrogens (tertiary/aromatic N) is 1. The van der Waals surface area contributed by atoms with Crippen LogP contribution in [0.4, 0.5) is 0 Å². The number of carbonyl (C=O) groups is 1. The van der Waals surface area contributed by atoms with Crippen molar-refractivity contribution in [3.63, 3.8) is 0 Å². The Bertz CT molecular complexity index is 514. The summed E-state index contributed by atoms with van der Waals surface area (Å²) in [5.41, 5.74) is 7.02. The van der Waals surface area contributed by atoms with Crippen LogP contribution in [-0.4, -0.2) is 25.1 Å². The lowest BCUT2D eigenvalue weighted by atomic mass is 10.0. The first-order valence-corrected chi connectivity index (χ1v) is 7.66. The first-order chi connectivity index (χ1) is 10.1. The topological polar surface area (TPSA) is 88.1 Å². The van der Waals surface area contributed by atoms with Crippen molar-refractivity contribution >= 4 is 21.8 Å². The van der Waals surface area contributed by atoms with Crippen molar-refractivity contribution in [1.29, 1.82) is 5.26 Å². The molecule has 3 N–H and O–H groups in total. The van der Waals surface area contributed by atoms with E-state index in [4.69, 9.17) is 15.7 Å². The van der Waals surface area contributed by atoms with Crippen molar-refractivity contribution in [3.05, 3.63) is 28.2 Å². The maximum absolute atomic E-state index is 11.5. The first kappa shape index (κ1) is 17.5. The minimum atomic E-state index is -0.236. The second kappa shape index (κ2) is 9.37. The molecule has 0 heterocycles. The van der Waals surface area contributed by atoms with Gasteiger partial charge >= 0.3 is 0 Å². The molecule has 0 aromatic heterocycles. The standard InChI is InChI=1S/C15H20BrN3O2/c1-2-12(18)8-11-9-13(4-5-14(11)16)21-10-15(20)19-7-3-6-17/h4-5,9,12H,2-3,7-8,10,18H2,1H3,(H,19,20). The number of rotatable bonds is 8. The van der Waals surface area contributed by atoms with Crippen molar-refractivity contribution in [2.75, 3.05) is 13.2 Å². The van der Waals surface area contributed by atoms with Gasteiger partial charge in [-0.3, -0.25) is 4.79 Å². The summed E-state index contributed by atoms with van der Waals surface area (Å²) in [6, 6.07) is 7.64. The number of nitrogens with two attached hydrogens (primary N) is 1. The number of nitrogens with one attached hydrogen (secondary N) is 1. The number of carbonyl (C=O) groups excluding carboxylic acids is 1. The number of hydrogen-bond donors (Lipinski definition) is 2. The van der Waals surface area contributed by atoms with Gasteiger partial charge in [-0.1, -0.05) is 22.9 Å². The summed E-state index contributed by atoms with van der Waals surface area (Å²) in [5.74, 6) is 0.395. The van der Waals surface area contributed by atoms with Crippen LogP contribution in [0.5, 0.6) is 5.75 Å². The van der Waals surface area contributed by atoms with Gasteiger partial charge in [-0.15, -0.1) is 0 Å². The third-order valence-electron chi connectivity index (χ3n) is 2.95. The van der Waals surface area contributed by atoms with Gasteiger partial charge in [0.2, 0.25) is 0 Å². The van der Waals surface area contributed by atoms with Crippen molar-refractivity contribution in [3.8, 4) is 11.8 Å². The average Bonchev–Trinajstić information content (AvgIpc) is 2.48. The number of halogens is 1. The molecule has 1 rings (SSSR count). The first-order valence-electron chi connectivity index (χ1n) is 6.87. The Morgan fingerprint density at radius 1 is 1.57 bits per heavy atom. The van der Waals surface area contributed by atoms with E-state index in [-0.39, 0.29) is 18.6 Å². The van der Waals surface area contributed by atoms with Gasteiger partial charge in [0.15, 0.2) is 6.61 Å². The molecule has 0 spiro atoms. The van der Waals surface area contributed by atoms with Crippen LogP contribution in [0.2, 0.25) is 0 Å². The van der Waals surface area contributed by atoms with Crippen molar-refractivity contribution in [1.82, 2.24) is 5.32 Å². The van der Waals surface area contributed by atoms with Gasteiger partial charge in [-0.2, -0.15) is 5.26 Å². The maximum atomic E-state index is 11.5. The number of amides is 1. The fourth-order valence-electron chi connectivity index (χ4n) is 1.68. The van der Waals surface area contributed by atoms with Gasteiger partial charge in [0, 0.05) is 17.1 Å². The monoisotopic (exact) mass is 353 g/mol. The van der Waals surface area contributed by atoms with E-state index in [1.54, 1.807) is 6.07 Å². The molecule has 1 aromatic rings. The minimum absolute atomic E-state index is 0.0632. The van der Waals surface area contributed by atoms with E-state index in [0.717, 1.165) is 22.9 Å². The van der Waals surface area contributed by atoms with Crippen LogP contribution in [0.3, 0.4) is 0 Å². The quantitative estimate of drug-likeness (QED) is 0.700. The van der Waals surface area contributed by atoms with Crippen LogP contribution in [-0.2, 0) is 11.2 Å². The highest BCUT2D eigenvalue weighted by atomic mass is 79.9. The molecule has 114 valence electrons. The molecule has 0 saturated carbocycles. The molecule has 6 heteroatoms. The van der Waals surface area contributed by atoms with E-state index in [2.05, 4.69) is 21.2 Å². The molecule has 0 bridgehead atoms. The van der Waals surface area contributed by atoms with E-state index in [1.165, 1.54) is 0 Å². The van der Waals surface area contributed by atoms with Crippen LogP contribution < -0.4 is 15.8 Å². The summed E-state index contributed by atoms with van der Waals surface area (Å²) in [7, 11) is 0. The molecule has 0 radical (unpaired) electrons. The summed E-state index contributed by atoms with van der Waals surface area (Å²) in [4.78, 5) is 11.5. The molecule has 0 aliphatic carbocycles. The molecule has 21 heavy (non-hydrogen) atoms. The molecule has 0 aliphatic rings. The van der Waals surface area contributed by atoms with Gasteiger partial charge in [-0.05, 0) is 36.6 Å². The number of benzene rings is 1. The Morgan fingerprint density at radius 2 is 2.33 bits per heavy atom. The van der Waals surface area contributed by atoms with Crippen molar-refractivity contribution in [2.45, 2.75) is 32.2 Å². The van der Waals surface area contributed by atoms with Crippen LogP contribution in [0, 0.1) is 11.3 Å². The van der Waals surface area contributed by atoms with E-state index >= 15 is 0 Å². The average molecular weight is 354 g/mol. The summed E-state index contributed by atoms with van der Waals surface area (Å²) in [5, 5.41) is 11.0. The van der Waals surface area contributed by atoms with E-state index in [9.17, 15) is 4.79 Å². The Hall–Kier alpha value is -1.58. The molecular formula is C15H20BrN3O2. The molecule has 1 atom stereocenters. The van der Waals surface area contributed by atoms with Gasteiger partial charge < -0.3 is 15.8 Å². The molecular weight excluding hydrogens is 334 g/mol. The second-order valence-electron chi connectivity index (χ2n) is 4.67. The Morgan fingerprint density at radius 3 is 3.00 bits per heavy atom. The predicted molar refractivity (Wildman–Crippen MR) is 84.8 cm³/mol. The normalized spacial score (nSPS) is 11.5. The van der Waals surface area contributed by atoms with Crippen molar-refractivity contribution in [2.24, 2.45) is 5.73 Å². The predicted octanol–water partition coefficient (Wildman–Crippen LogP) is 2.14. The zero-order chi connectivity index (χ0) is 15.7. The van der Waals surface area contributed by atoms with Crippen LogP contribution in [0.15, 0.2) is 22.7 Å². The fraction of sp³-hybridized carbons (Fsp3) is 0.467. The Kier molecular flexibility index (Phi) is 7.80.